The third kappa shape index (κ3) is 4.56. The highest BCUT2D eigenvalue weighted by atomic mass is 32.2. The summed E-state index contributed by atoms with van der Waals surface area (Å²) in [4.78, 5) is 0. The molecule has 3 heterocycles. The normalized spacial score (nSPS) is 16.8. The zero-order valence-corrected chi connectivity index (χ0v) is 16.0. The molecule has 1 atom stereocenters. The minimum Gasteiger partial charge on any atom is -0.381 e. The number of halogens is 3. The van der Waals surface area contributed by atoms with Crippen molar-refractivity contribution >= 4 is 28.0 Å². The number of ether oxygens (including phenoxy) is 1. The van der Waals surface area contributed by atoms with Gasteiger partial charge in [-0.2, -0.15) is 17.7 Å². The van der Waals surface area contributed by atoms with Crippen molar-refractivity contribution < 1.29 is 22.1 Å². The van der Waals surface area contributed by atoms with Gasteiger partial charge in [0, 0.05) is 40.7 Å². The summed E-state index contributed by atoms with van der Waals surface area (Å²) in [6.45, 7) is 1.27. The molecule has 0 amide bonds. The van der Waals surface area contributed by atoms with Crippen molar-refractivity contribution in [1.29, 1.82) is 0 Å². The van der Waals surface area contributed by atoms with Crippen molar-refractivity contribution in [3.05, 3.63) is 47.8 Å². The molecule has 7 nitrogen and oxygen atoms in total. The first-order valence-corrected chi connectivity index (χ1v) is 10.4. The Morgan fingerprint density at radius 2 is 1.97 bits per heavy atom. The van der Waals surface area contributed by atoms with E-state index in [1.54, 1.807) is 12.1 Å². The molecule has 1 fully saturated rings. The van der Waals surface area contributed by atoms with E-state index in [0.29, 0.717) is 29.2 Å². The minimum atomic E-state index is -4.65. The van der Waals surface area contributed by atoms with Gasteiger partial charge in [-0.15, -0.1) is 15.3 Å². The second-order valence-corrected chi connectivity index (χ2v) is 8.39. The maximum atomic E-state index is 13.0. The van der Waals surface area contributed by atoms with Crippen molar-refractivity contribution in [2.45, 2.75) is 30.0 Å². The van der Waals surface area contributed by atoms with Gasteiger partial charge in [-0.3, -0.25) is 4.21 Å². The Balaban J connectivity index is 1.51. The van der Waals surface area contributed by atoms with E-state index >= 15 is 0 Å². The maximum absolute atomic E-state index is 13.0. The Labute approximate surface area is 166 Å². The van der Waals surface area contributed by atoms with Crippen LogP contribution < -0.4 is 5.32 Å². The Morgan fingerprint density at radius 3 is 2.72 bits per heavy atom. The summed E-state index contributed by atoms with van der Waals surface area (Å²) in [5.74, 6) is -0.557. The summed E-state index contributed by atoms with van der Waals surface area (Å²) in [6.07, 6.45) is -3.08. The molecule has 0 aliphatic carbocycles. The number of fused-ring (bicyclic) bond motifs is 1. The second kappa shape index (κ2) is 8.07. The van der Waals surface area contributed by atoms with Crippen LogP contribution in [0.25, 0.3) is 5.65 Å². The molecule has 154 valence electrons. The van der Waals surface area contributed by atoms with Crippen LogP contribution in [-0.4, -0.2) is 42.5 Å². The van der Waals surface area contributed by atoms with E-state index in [-0.39, 0.29) is 16.7 Å². The van der Waals surface area contributed by atoms with Crippen LogP contribution >= 0.6 is 0 Å². The van der Waals surface area contributed by atoms with Crippen molar-refractivity contribution in [3.8, 4) is 0 Å². The Morgan fingerprint density at radius 1 is 1.17 bits per heavy atom. The molecule has 1 aromatic carbocycles. The SMILES string of the molecule is O=S(Cc1cccc(Nc2ccc3nnc(C(F)(F)F)n3n2)c1)C1CCOCC1. The number of benzene rings is 1. The number of aromatic nitrogens is 4. The van der Waals surface area contributed by atoms with Crippen molar-refractivity contribution in [3.63, 3.8) is 0 Å². The van der Waals surface area contributed by atoms with Gasteiger partial charge in [-0.1, -0.05) is 12.1 Å². The first-order chi connectivity index (χ1) is 13.9. The fraction of sp³-hybridized carbons (Fsp3) is 0.389. The fourth-order valence-electron chi connectivity index (χ4n) is 3.14. The number of hydrogen-bond acceptors (Lipinski definition) is 6. The van der Waals surface area contributed by atoms with Gasteiger partial charge in [0.25, 0.3) is 5.82 Å². The van der Waals surface area contributed by atoms with Gasteiger partial charge in [0.15, 0.2) is 11.5 Å². The molecular formula is C18H18F3N5O2S. The first-order valence-electron chi connectivity index (χ1n) is 9.01. The number of nitrogens with one attached hydrogen (secondary N) is 1. The Hall–Kier alpha value is -2.53. The van der Waals surface area contributed by atoms with Crippen LogP contribution in [0.5, 0.6) is 0 Å². The van der Waals surface area contributed by atoms with Crippen molar-refractivity contribution in [2.24, 2.45) is 0 Å². The summed E-state index contributed by atoms with van der Waals surface area (Å²) >= 11 is 0. The molecule has 0 bridgehead atoms. The lowest BCUT2D eigenvalue weighted by Crippen LogP contribution is -2.25. The third-order valence-corrected chi connectivity index (χ3v) is 6.40. The average molecular weight is 425 g/mol. The summed E-state index contributed by atoms with van der Waals surface area (Å²) in [5, 5.41) is 13.7. The predicted octanol–water partition coefficient (Wildman–Crippen LogP) is 3.31. The van der Waals surface area contributed by atoms with Gasteiger partial charge < -0.3 is 10.1 Å². The van der Waals surface area contributed by atoms with E-state index in [1.807, 2.05) is 12.1 Å². The van der Waals surface area contributed by atoms with Gasteiger partial charge in [0.2, 0.25) is 0 Å². The minimum absolute atomic E-state index is 0.00323. The van der Waals surface area contributed by atoms with E-state index in [2.05, 4.69) is 20.6 Å². The molecule has 1 unspecified atom stereocenters. The number of rotatable bonds is 5. The molecule has 3 aromatic rings. The van der Waals surface area contributed by atoms with E-state index < -0.39 is 22.8 Å². The molecule has 0 spiro atoms. The number of alkyl halides is 3. The molecule has 0 saturated carbocycles. The monoisotopic (exact) mass is 425 g/mol. The van der Waals surface area contributed by atoms with Crippen LogP contribution in [0.1, 0.15) is 24.2 Å². The van der Waals surface area contributed by atoms with Crippen LogP contribution in [-0.2, 0) is 27.5 Å². The van der Waals surface area contributed by atoms with Gasteiger partial charge >= 0.3 is 6.18 Å². The average Bonchev–Trinajstić information content (AvgIpc) is 3.13. The molecule has 0 radical (unpaired) electrons. The molecule has 11 heteroatoms. The standard InChI is InChI=1S/C18H18F3N5O2S/c19-18(20,21)17-24-23-16-5-4-15(25-26(16)17)22-13-3-1-2-12(10-13)11-29(27)14-6-8-28-9-7-14/h1-5,10,14H,6-9,11H2,(H,22,25). The maximum Gasteiger partial charge on any atom is 0.453 e. The van der Waals surface area contributed by atoms with Crippen molar-refractivity contribution in [2.75, 3.05) is 18.5 Å². The van der Waals surface area contributed by atoms with Gasteiger partial charge in [0.1, 0.15) is 0 Å². The Bertz CT molecular complexity index is 1030. The van der Waals surface area contributed by atoms with Crippen LogP contribution in [0.3, 0.4) is 0 Å². The largest absolute Gasteiger partial charge is 0.453 e. The fourth-order valence-corrected chi connectivity index (χ4v) is 4.60. The van der Waals surface area contributed by atoms with Crippen LogP contribution in [0, 0.1) is 0 Å². The quantitative estimate of drug-likeness (QED) is 0.676. The highest BCUT2D eigenvalue weighted by Gasteiger charge is 2.37. The lowest BCUT2D eigenvalue weighted by atomic mass is 10.2. The number of anilines is 2. The van der Waals surface area contributed by atoms with E-state index in [0.717, 1.165) is 18.4 Å². The van der Waals surface area contributed by atoms with Crippen molar-refractivity contribution in [1.82, 2.24) is 19.8 Å². The molecule has 29 heavy (non-hydrogen) atoms. The summed E-state index contributed by atoms with van der Waals surface area (Å²) in [6, 6.07) is 10.2. The van der Waals surface area contributed by atoms with E-state index in [1.165, 1.54) is 12.1 Å². The number of hydrogen-bond donors (Lipinski definition) is 1. The highest BCUT2D eigenvalue weighted by Crippen LogP contribution is 2.28. The summed E-state index contributed by atoms with van der Waals surface area (Å²) in [5.41, 5.74) is 1.52. The molecular weight excluding hydrogens is 407 g/mol. The zero-order chi connectivity index (χ0) is 20.4. The molecule has 1 aliphatic rings. The molecule has 1 saturated heterocycles. The van der Waals surface area contributed by atoms with Crippen LogP contribution in [0.4, 0.5) is 24.7 Å². The smallest absolute Gasteiger partial charge is 0.381 e. The number of nitrogens with zero attached hydrogens (tertiary/aromatic N) is 4. The zero-order valence-electron chi connectivity index (χ0n) is 15.2. The molecule has 1 aliphatic heterocycles. The molecule has 1 N–H and O–H groups in total. The molecule has 4 rings (SSSR count). The van der Waals surface area contributed by atoms with Gasteiger partial charge in [-0.05, 0) is 42.7 Å². The topological polar surface area (TPSA) is 81.4 Å². The Kier molecular flexibility index (Phi) is 5.50. The second-order valence-electron chi connectivity index (χ2n) is 6.67. The van der Waals surface area contributed by atoms with E-state index in [9.17, 15) is 17.4 Å². The van der Waals surface area contributed by atoms with Gasteiger partial charge in [-0.25, -0.2) is 0 Å². The highest BCUT2D eigenvalue weighted by molar-refractivity contribution is 7.84. The first kappa shape index (κ1) is 19.8. The summed E-state index contributed by atoms with van der Waals surface area (Å²) < 4.78 is 57.6. The van der Waals surface area contributed by atoms with Crippen LogP contribution in [0.15, 0.2) is 36.4 Å². The van der Waals surface area contributed by atoms with Gasteiger partial charge in [0.05, 0.1) is 0 Å². The lowest BCUT2D eigenvalue weighted by molar-refractivity contribution is -0.146. The molecule has 2 aromatic heterocycles. The van der Waals surface area contributed by atoms with Crippen LogP contribution in [0.2, 0.25) is 0 Å². The lowest BCUT2D eigenvalue weighted by Gasteiger charge is -2.21. The van der Waals surface area contributed by atoms with E-state index in [4.69, 9.17) is 4.74 Å². The predicted molar refractivity (Wildman–Crippen MR) is 101 cm³/mol. The summed E-state index contributed by atoms with van der Waals surface area (Å²) in [7, 11) is -1.01. The third-order valence-electron chi connectivity index (χ3n) is 4.56.